The first-order chi connectivity index (χ1) is 43.7. The van der Waals surface area contributed by atoms with Crippen LogP contribution in [0.25, 0.3) is 17.4 Å². The van der Waals surface area contributed by atoms with Crippen molar-refractivity contribution in [3.05, 3.63) is 83.1 Å². The molecule has 5 rings (SSSR count). The van der Waals surface area contributed by atoms with Gasteiger partial charge < -0.3 is 84.7 Å². The summed E-state index contributed by atoms with van der Waals surface area (Å²) in [5.74, 6) is -2.61. The van der Waals surface area contributed by atoms with Crippen LogP contribution < -0.4 is 14.8 Å². The van der Waals surface area contributed by atoms with Crippen molar-refractivity contribution in [1.29, 1.82) is 0 Å². The third-order valence-electron chi connectivity index (χ3n) is 13.9. The predicted octanol–water partition coefficient (Wildman–Crippen LogP) is 1.82. The number of rotatable bonds is 51. The van der Waals surface area contributed by atoms with Gasteiger partial charge >= 0.3 is 5.97 Å². The normalized spacial score (nSPS) is 16.3. The molecule has 4 aliphatic rings. The van der Waals surface area contributed by atoms with Crippen molar-refractivity contribution in [2.24, 2.45) is 0 Å². The highest BCUT2D eigenvalue weighted by molar-refractivity contribution is 7.86. The first kappa shape index (κ1) is 76.5. The summed E-state index contributed by atoms with van der Waals surface area (Å²) >= 11 is 0. The van der Waals surface area contributed by atoms with Crippen LogP contribution in [-0.4, -0.2) is 252 Å². The molecule has 0 radical (unpaired) electrons. The highest BCUT2D eigenvalue weighted by atomic mass is 32.2. The minimum absolute atomic E-state index is 0.0153. The van der Waals surface area contributed by atoms with E-state index in [1.54, 1.807) is 38.3 Å². The maximum Gasteiger partial charge on any atom is 0.335 e. The summed E-state index contributed by atoms with van der Waals surface area (Å²) in [5, 5.41) is 1.17. The van der Waals surface area contributed by atoms with Gasteiger partial charge in [0.1, 0.15) is 29.0 Å². The van der Waals surface area contributed by atoms with Crippen LogP contribution in [0.2, 0.25) is 0 Å². The number of amides is 2. The summed E-state index contributed by atoms with van der Waals surface area (Å²) in [6.45, 7) is 9.88. The average Bonchev–Trinajstić information content (AvgIpc) is 1.59. The number of nitrogens with zero attached hydrogens (tertiary/aromatic N) is 3. The quantitative estimate of drug-likeness (QED) is 0.0337. The van der Waals surface area contributed by atoms with Gasteiger partial charge in [-0.2, -0.15) is 0 Å². The van der Waals surface area contributed by atoms with Gasteiger partial charge in [-0.1, -0.05) is 12.2 Å². The van der Waals surface area contributed by atoms with Gasteiger partial charge in [-0.05, 0) is 67.3 Å². The molecule has 0 saturated carbocycles. The zero-order valence-corrected chi connectivity index (χ0v) is 54.0. The van der Waals surface area contributed by atoms with Crippen LogP contribution in [0.1, 0.15) is 56.6 Å². The maximum atomic E-state index is 12.4. The molecule has 3 aliphatic heterocycles. The van der Waals surface area contributed by atoms with Gasteiger partial charge in [-0.3, -0.25) is 9.59 Å². The summed E-state index contributed by atoms with van der Waals surface area (Å²) in [6, 6.07) is 11.2. The largest absolute Gasteiger partial charge is 0.748 e. The maximum absolute atomic E-state index is 12.4. The molecule has 29 nitrogen and oxygen atoms in total. The van der Waals surface area contributed by atoms with E-state index in [2.05, 4.69) is 0 Å². The second-order valence-electron chi connectivity index (χ2n) is 20.6. The first-order valence-corrected chi connectivity index (χ1v) is 34.4. The van der Waals surface area contributed by atoms with E-state index in [1.807, 2.05) is 27.7 Å². The number of allylic oxidation sites excluding steroid dienone is 3. The van der Waals surface area contributed by atoms with Crippen molar-refractivity contribution < 1.29 is 119 Å². The fraction of sp³-hybridized carbons (Fsp3) is 0.627. The van der Waals surface area contributed by atoms with Gasteiger partial charge in [0.2, 0.25) is 5.36 Å². The smallest absolute Gasteiger partial charge is 0.335 e. The van der Waals surface area contributed by atoms with Crippen LogP contribution in [-0.2, 0) is 112 Å². The minimum Gasteiger partial charge on any atom is -0.748 e. The number of ether oxygens (including phenoxy) is 12. The average molecular weight is 1350 g/mol. The Hall–Kier alpha value is -5.21. The molecule has 1 aromatic carbocycles. The SMILES string of the molecule is COCCOCCOCCOCCOCCOCC[N+](CCCS(=O)(=O)[O-])=c1ccc2c(/C=C/C=C3/N(CCOCCOCCOCCOCCOCCOCCC(=O)ON4C(=O)CCC4=O)c4ccc(S(=O)(=O)[O-])cc4C3(C)CCCS(=O)(=O)[O-])ccoc-2c1. The Bertz CT molecular complexity index is 3120. The lowest BCUT2D eigenvalue weighted by Gasteiger charge is -2.30. The van der Waals surface area contributed by atoms with Crippen molar-refractivity contribution in [3.63, 3.8) is 0 Å². The Balaban J connectivity index is 1.12. The summed E-state index contributed by atoms with van der Waals surface area (Å²) in [5.41, 5.74) is 1.91. The number of carbonyl (C=O) groups excluding carboxylic acids is 3. The molecule has 1 unspecified atom stereocenters. The Morgan fingerprint density at radius 2 is 1.10 bits per heavy atom. The van der Waals surface area contributed by atoms with Gasteiger partial charge in [0.25, 0.3) is 11.8 Å². The Morgan fingerprint density at radius 3 is 1.62 bits per heavy atom. The predicted molar refractivity (Wildman–Crippen MR) is 322 cm³/mol. The van der Waals surface area contributed by atoms with Crippen molar-refractivity contribution in [3.8, 4) is 11.3 Å². The fourth-order valence-electron chi connectivity index (χ4n) is 9.42. The molecule has 512 valence electrons. The third kappa shape index (κ3) is 29.3. The van der Waals surface area contributed by atoms with Gasteiger partial charge in [0.15, 0.2) is 6.54 Å². The van der Waals surface area contributed by atoms with Crippen LogP contribution in [0.3, 0.4) is 0 Å². The van der Waals surface area contributed by atoms with E-state index in [-0.39, 0.29) is 111 Å². The number of hydroxylamine groups is 2. The fourth-order valence-corrected chi connectivity index (χ4v) is 10.9. The molecule has 1 fully saturated rings. The number of methoxy groups -OCH3 is 1. The molecule has 2 amide bonds. The lowest BCUT2D eigenvalue weighted by atomic mass is 9.77. The Morgan fingerprint density at radius 1 is 0.604 bits per heavy atom. The molecule has 1 saturated heterocycles. The Labute approximate surface area is 531 Å². The monoisotopic (exact) mass is 1350 g/mol. The minimum atomic E-state index is -4.92. The molecule has 0 bridgehead atoms. The van der Waals surface area contributed by atoms with E-state index < -0.39 is 70.0 Å². The molecule has 1 atom stereocenters. The third-order valence-corrected chi connectivity index (χ3v) is 16.3. The van der Waals surface area contributed by atoms with Gasteiger partial charge in [0.05, 0.1) is 189 Å². The first-order valence-electron chi connectivity index (χ1n) is 29.8. The number of fused-ring (bicyclic) bond motifs is 2. The molecule has 1 aliphatic carbocycles. The highest BCUT2D eigenvalue weighted by Gasteiger charge is 2.43. The second kappa shape index (κ2) is 41.5. The second-order valence-corrected chi connectivity index (χ2v) is 25.0. The van der Waals surface area contributed by atoms with Gasteiger partial charge in [-0.15, -0.1) is 5.06 Å². The van der Waals surface area contributed by atoms with E-state index in [1.165, 1.54) is 24.5 Å². The molecular weight excluding hydrogens is 1260 g/mol. The van der Waals surface area contributed by atoms with Crippen LogP contribution in [0.4, 0.5) is 5.69 Å². The van der Waals surface area contributed by atoms with Gasteiger partial charge in [-0.25, -0.2) is 34.6 Å². The molecule has 3 heterocycles. The Kier molecular flexibility index (Phi) is 34.9. The molecule has 0 spiro atoms. The zero-order chi connectivity index (χ0) is 65.8. The van der Waals surface area contributed by atoms with Gasteiger partial charge in [0, 0.05) is 72.9 Å². The van der Waals surface area contributed by atoms with Crippen molar-refractivity contribution in [2.75, 3.05) is 195 Å². The van der Waals surface area contributed by atoms with E-state index in [4.69, 9.17) is 66.1 Å². The lowest BCUT2D eigenvalue weighted by molar-refractivity contribution is -0.198. The van der Waals surface area contributed by atoms with E-state index in [9.17, 15) is 53.3 Å². The number of hydrogen-bond acceptors (Lipinski definition) is 27. The standard InChI is InChI=1S/C59H87N3O26S3/c1-59(16-4-44-89(66,67)68)52-47-50(91(72,73)74)9-11-53(52)61(19-23-78-28-31-82-36-39-86-43-42-84-37-34-80-29-26-76-20-15-58(65)88-62-56(63)12-13-57(62)64)55(59)7-3-6-48-14-21-87-54-46-49(8-10-51(48)54)60(17-5-45-90(69,70)71)18-22-77-27-30-81-35-38-85-41-40-83-33-32-79-25-24-75-2/h3,6-11,14,21,46-47H,4-5,12-13,15-20,22-45H2,1-2H3,(H2-,66,67,68,69,70,71,72,73,74)/p-2. The van der Waals surface area contributed by atoms with Crippen molar-refractivity contribution >= 4 is 59.9 Å². The summed E-state index contributed by atoms with van der Waals surface area (Å²) in [7, 11) is -12.4. The van der Waals surface area contributed by atoms with Crippen LogP contribution in [0, 0.1) is 0 Å². The molecule has 1 aromatic rings. The molecule has 0 N–H and O–H groups in total. The van der Waals surface area contributed by atoms with E-state index in [0.717, 1.165) is 5.56 Å². The number of imide groups is 1. The van der Waals surface area contributed by atoms with E-state index in [0.29, 0.717) is 138 Å². The summed E-state index contributed by atoms with van der Waals surface area (Å²) in [6.07, 6.45) is 6.86. The molecule has 91 heavy (non-hydrogen) atoms. The van der Waals surface area contributed by atoms with Crippen LogP contribution in [0.15, 0.2) is 75.9 Å². The molecule has 0 aromatic heterocycles. The zero-order valence-electron chi connectivity index (χ0n) is 51.6. The van der Waals surface area contributed by atoms with Crippen molar-refractivity contribution in [1.82, 2.24) is 9.64 Å². The number of hydrogen-bond donors (Lipinski definition) is 0. The topological polar surface area (TPSA) is 365 Å². The number of benzene rings is 2. The number of carbonyl (C=O) groups is 3. The van der Waals surface area contributed by atoms with Crippen LogP contribution >= 0.6 is 0 Å². The number of anilines is 1. The molecule has 32 heteroatoms. The highest BCUT2D eigenvalue weighted by Crippen LogP contribution is 2.51. The summed E-state index contributed by atoms with van der Waals surface area (Å²) < 4.78 is 181. The van der Waals surface area contributed by atoms with E-state index >= 15 is 0 Å². The van der Waals surface area contributed by atoms with Crippen molar-refractivity contribution in [2.45, 2.75) is 55.8 Å². The van der Waals surface area contributed by atoms with Crippen LogP contribution in [0.5, 0.6) is 0 Å². The summed E-state index contributed by atoms with van der Waals surface area (Å²) in [4.78, 5) is 41.1. The molecular formula is C59H85N3O26S3-2. The lowest BCUT2D eigenvalue weighted by Crippen LogP contribution is -2.35.